The average molecular weight is 224 g/mol. The molecule has 0 aromatic carbocycles. The molecule has 0 spiro atoms. The van der Waals surface area contributed by atoms with Gasteiger partial charge in [-0.05, 0) is 11.8 Å². The molecular weight excluding hydrogens is 208 g/mol. The molecule has 1 atom stereocenters. The Morgan fingerprint density at radius 3 is 2.62 bits per heavy atom. The van der Waals surface area contributed by atoms with Crippen molar-refractivity contribution in [1.29, 1.82) is 0 Å². The number of aromatic nitrogens is 2. The molecule has 1 aliphatic carbocycles. The van der Waals surface area contributed by atoms with E-state index in [9.17, 15) is 10.1 Å². The van der Waals surface area contributed by atoms with Crippen LogP contribution in [0.3, 0.4) is 0 Å². The van der Waals surface area contributed by atoms with Gasteiger partial charge in [0.25, 0.3) is 0 Å². The molecule has 6 heteroatoms. The third kappa shape index (κ3) is 1.19. The summed E-state index contributed by atoms with van der Waals surface area (Å²) in [4.78, 5) is 10.6. The molecular formula is C10H16N4O2. The molecule has 88 valence electrons. The minimum absolute atomic E-state index is 0.0142. The van der Waals surface area contributed by atoms with Crippen LogP contribution in [-0.2, 0) is 12.5 Å². The van der Waals surface area contributed by atoms with Gasteiger partial charge in [0.2, 0.25) is 0 Å². The maximum absolute atomic E-state index is 10.9. The van der Waals surface area contributed by atoms with E-state index >= 15 is 0 Å². The van der Waals surface area contributed by atoms with E-state index in [0.29, 0.717) is 12.2 Å². The standard InChI is InChI=1S/C10H16N4O2/c1-9(2)5-10(9,6-11)8-7(14(15)16)4-12-13(8)3/h4H,5-6,11H2,1-3H3. The van der Waals surface area contributed by atoms with Crippen LogP contribution in [0, 0.1) is 15.5 Å². The van der Waals surface area contributed by atoms with Gasteiger partial charge in [-0.25, -0.2) is 0 Å². The lowest BCUT2D eigenvalue weighted by Gasteiger charge is -2.17. The van der Waals surface area contributed by atoms with E-state index in [1.807, 2.05) is 0 Å². The van der Waals surface area contributed by atoms with E-state index < -0.39 is 0 Å². The second-order valence-corrected chi connectivity index (χ2v) is 5.11. The van der Waals surface area contributed by atoms with Crippen LogP contribution in [-0.4, -0.2) is 21.2 Å². The molecule has 1 heterocycles. The van der Waals surface area contributed by atoms with Crippen LogP contribution in [0.15, 0.2) is 6.20 Å². The van der Waals surface area contributed by atoms with Gasteiger partial charge in [0.15, 0.2) is 0 Å². The monoisotopic (exact) mass is 224 g/mol. The molecule has 0 saturated heterocycles. The van der Waals surface area contributed by atoms with Crippen molar-refractivity contribution in [2.75, 3.05) is 6.54 Å². The maximum Gasteiger partial charge on any atom is 0.310 e. The normalized spacial score (nSPS) is 26.8. The summed E-state index contributed by atoms with van der Waals surface area (Å²) in [7, 11) is 1.73. The maximum atomic E-state index is 10.9. The van der Waals surface area contributed by atoms with E-state index in [0.717, 1.165) is 6.42 Å². The van der Waals surface area contributed by atoms with Gasteiger partial charge in [0, 0.05) is 19.0 Å². The molecule has 1 aromatic heterocycles. The van der Waals surface area contributed by atoms with Crippen LogP contribution in [0.25, 0.3) is 0 Å². The Kier molecular flexibility index (Phi) is 2.10. The zero-order valence-corrected chi connectivity index (χ0v) is 9.73. The second kappa shape index (κ2) is 3.04. The summed E-state index contributed by atoms with van der Waals surface area (Å²) in [6, 6.07) is 0. The fourth-order valence-corrected chi connectivity index (χ4v) is 2.67. The van der Waals surface area contributed by atoms with Crippen LogP contribution >= 0.6 is 0 Å². The second-order valence-electron chi connectivity index (χ2n) is 5.11. The van der Waals surface area contributed by atoms with Gasteiger partial charge in [-0.2, -0.15) is 5.10 Å². The largest absolute Gasteiger partial charge is 0.330 e. The first-order valence-corrected chi connectivity index (χ1v) is 5.23. The molecule has 0 radical (unpaired) electrons. The van der Waals surface area contributed by atoms with E-state index in [2.05, 4.69) is 18.9 Å². The first-order chi connectivity index (χ1) is 7.35. The third-order valence-corrected chi connectivity index (χ3v) is 3.83. The fourth-order valence-electron chi connectivity index (χ4n) is 2.67. The highest BCUT2D eigenvalue weighted by Gasteiger charge is 2.64. The Morgan fingerprint density at radius 2 is 2.25 bits per heavy atom. The Labute approximate surface area is 93.6 Å². The molecule has 16 heavy (non-hydrogen) atoms. The van der Waals surface area contributed by atoms with Gasteiger partial charge in [-0.15, -0.1) is 0 Å². The Morgan fingerprint density at radius 1 is 1.69 bits per heavy atom. The highest BCUT2D eigenvalue weighted by Crippen LogP contribution is 2.64. The lowest BCUT2D eigenvalue weighted by atomic mass is 9.91. The first kappa shape index (κ1) is 11.1. The van der Waals surface area contributed by atoms with Crippen LogP contribution < -0.4 is 5.73 Å². The van der Waals surface area contributed by atoms with E-state index in [1.165, 1.54) is 6.20 Å². The molecule has 1 fully saturated rings. The Hall–Kier alpha value is -1.43. The molecule has 0 aliphatic heterocycles. The summed E-state index contributed by atoms with van der Waals surface area (Å²) in [6.45, 7) is 4.58. The summed E-state index contributed by atoms with van der Waals surface area (Å²) in [5, 5.41) is 14.9. The molecule has 0 bridgehead atoms. The fraction of sp³-hybridized carbons (Fsp3) is 0.700. The lowest BCUT2D eigenvalue weighted by Crippen LogP contribution is -2.28. The number of nitrogens with zero attached hydrogens (tertiary/aromatic N) is 3. The smallest absolute Gasteiger partial charge is 0.310 e. The SMILES string of the molecule is Cn1ncc([N+](=O)[O-])c1C1(CN)CC1(C)C. The minimum Gasteiger partial charge on any atom is -0.330 e. The molecule has 6 nitrogen and oxygen atoms in total. The van der Waals surface area contributed by atoms with Crippen molar-refractivity contribution in [3.63, 3.8) is 0 Å². The predicted molar refractivity (Wildman–Crippen MR) is 59.0 cm³/mol. The summed E-state index contributed by atoms with van der Waals surface area (Å²) >= 11 is 0. The zero-order valence-electron chi connectivity index (χ0n) is 9.73. The van der Waals surface area contributed by atoms with E-state index in [1.54, 1.807) is 11.7 Å². The molecule has 0 amide bonds. The zero-order chi connectivity index (χ0) is 12.1. The highest BCUT2D eigenvalue weighted by atomic mass is 16.6. The van der Waals surface area contributed by atoms with Gasteiger partial charge in [-0.3, -0.25) is 14.8 Å². The first-order valence-electron chi connectivity index (χ1n) is 5.23. The number of nitrogens with two attached hydrogens (primary N) is 1. The number of aryl methyl sites for hydroxylation is 1. The van der Waals surface area contributed by atoms with Crippen LogP contribution in [0.5, 0.6) is 0 Å². The van der Waals surface area contributed by atoms with Crippen LogP contribution in [0.2, 0.25) is 0 Å². The number of hydrogen-bond donors (Lipinski definition) is 1. The molecule has 1 unspecified atom stereocenters. The third-order valence-electron chi connectivity index (χ3n) is 3.83. The minimum atomic E-state index is -0.381. The summed E-state index contributed by atoms with van der Waals surface area (Å²) in [5.41, 5.74) is 6.27. The summed E-state index contributed by atoms with van der Waals surface area (Å²) in [6.07, 6.45) is 2.18. The van der Waals surface area contributed by atoms with Crippen molar-refractivity contribution in [3.05, 3.63) is 22.0 Å². The highest BCUT2D eigenvalue weighted by molar-refractivity contribution is 5.46. The van der Waals surface area contributed by atoms with E-state index in [-0.39, 0.29) is 21.4 Å². The van der Waals surface area contributed by atoms with Crippen molar-refractivity contribution < 1.29 is 4.92 Å². The van der Waals surface area contributed by atoms with Crippen molar-refractivity contribution in [3.8, 4) is 0 Å². The van der Waals surface area contributed by atoms with Crippen LogP contribution in [0.1, 0.15) is 26.0 Å². The van der Waals surface area contributed by atoms with Crippen molar-refractivity contribution >= 4 is 5.69 Å². The van der Waals surface area contributed by atoms with E-state index in [4.69, 9.17) is 5.73 Å². The predicted octanol–water partition coefficient (Wildman–Crippen LogP) is 0.955. The number of nitro groups is 1. The van der Waals surface area contributed by atoms with Gasteiger partial charge in [-0.1, -0.05) is 13.8 Å². The van der Waals surface area contributed by atoms with Gasteiger partial charge < -0.3 is 5.73 Å². The van der Waals surface area contributed by atoms with Gasteiger partial charge in [0.05, 0.1) is 4.92 Å². The molecule has 2 N–H and O–H groups in total. The molecule has 2 rings (SSSR count). The van der Waals surface area contributed by atoms with Crippen molar-refractivity contribution in [2.24, 2.45) is 18.2 Å². The quantitative estimate of drug-likeness (QED) is 0.611. The number of hydrogen-bond acceptors (Lipinski definition) is 4. The molecule has 1 aromatic rings. The summed E-state index contributed by atoms with van der Waals surface area (Å²) in [5.74, 6) is 0. The topological polar surface area (TPSA) is 87.0 Å². The lowest BCUT2D eigenvalue weighted by molar-refractivity contribution is -0.386. The van der Waals surface area contributed by atoms with Gasteiger partial charge in [0.1, 0.15) is 11.9 Å². The van der Waals surface area contributed by atoms with Gasteiger partial charge >= 0.3 is 5.69 Å². The molecule has 1 saturated carbocycles. The summed E-state index contributed by atoms with van der Waals surface area (Å²) < 4.78 is 1.58. The Balaban J connectivity index is 2.56. The Bertz CT molecular complexity index is 452. The van der Waals surface area contributed by atoms with Crippen molar-refractivity contribution in [2.45, 2.75) is 25.7 Å². The van der Waals surface area contributed by atoms with Crippen molar-refractivity contribution in [1.82, 2.24) is 9.78 Å². The number of rotatable bonds is 3. The molecule has 1 aliphatic rings. The van der Waals surface area contributed by atoms with Crippen LogP contribution in [0.4, 0.5) is 5.69 Å². The average Bonchev–Trinajstić information content (AvgIpc) is 2.54.